The predicted molar refractivity (Wildman–Crippen MR) is 58.1 cm³/mol. The van der Waals surface area contributed by atoms with Gasteiger partial charge in [0.1, 0.15) is 5.56 Å². The highest BCUT2D eigenvalue weighted by Crippen LogP contribution is 2.21. The van der Waals surface area contributed by atoms with E-state index < -0.39 is 0 Å². The van der Waals surface area contributed by atoms with Gasteiger partial charge < -0.3 is 15.2 Å². The van der Waals surface area contributed by atoms with Crippen molar-refractivity contribution >= 4 is 5.82 Å². The molecular formula is C9H6N6O3. The van der Waals surface area contributed by atoms with Crippen LogP contribution in [0.1, 0.15) is 0 Å². The van der Waals surface area contributed by atoms with Crippen molar-refractivity contribution in [1.82, 2.24) is 25.4 Å². The highest BCUT2D eigenvalue weighted by molar-refractivity contribution is 5.63. The molecule has 3 aromatic heterocycles. The van der Waals surface area contributed by atoms with Crippen molar-refractivity contribution in [3.8, 4) is 23.0 Å². The van der Waals surface area contributed by atoms with Gasteiger partial charge in [0.25, 0.3) is 11.4 Å². The normalized spacial score (nSPS) is 10.7. The van der Waals surface area contributed by atoms with Crippen molar-refractivity contribution in [3.05, 3.63) is 28.7 Å². The molecule has 0 aliphatic heterocycles. The number of aromatic amines is 1. The Bertz CT molecular complexity index is 742. The lowest BCUT2D eigenvalue weighted by Crippen LogP contribution is -2.06. The fourth-order valence-corrected chi connectivity index (χ4v) is 1.37. The summed E-state index contributed by atoms with van der Waals surface area (Å²) in [7, 11) is 0. The van der Waals surface area contributed by atoms with Crippen LogP contribution in [0.2, 0.25) is 0 Å². The summed E-state index contributed by atoms with van der Waals surface area (Å²) in [6.45, 7) is 0. The average molecular weight is 246 g/mol. The number of hydrogen-bond acceptors (Lipinski definition) is 8. The number of pyridine rings is 1. The quantitative estimate of drug-likeness (QED) is 0.647. The molecule has 3 aromatic rings. The number of nitrogens with one attached hydrogen (secondary N) is 1. The van der Waals surface area contributed by atoms with Gasteiger partial charge in [-0.05, 0) is 22.4 Å². The van der Waals surface area contributed by atoms with Crippen LogP contribution in [0.25, 0.3) is 23.0 Å². The molecule has 18 heavy (non-hydrogen) atoms. The second-order valence-corrected chi connectivity index (χ2v) is 3.33. The summed E-state index contributed by atoms with van der Waals surface area (Å²) in [4.78, 5) is 18.0. The number of hydrogen-bond donors (Lipinski definition) is 2. The lowest BCUT2D eigenvalue weighted by atomic mass is 10.3. The molecule has 0 saturated heterocycles. The van der Waals surface area contributed by atoms with Crippen molar-refractivity contribution in [2.45, 2.75) is 0 Å². The van der Waals surface area contributed by atoms with Crippen LogP contribution in [0.5, 0.6) is 0 Å². The van der Waals surface area contributed by atoms with E-state index in [1.54, 1.807) is 12.1 Å². The second-order valence-electron chi connectivity index (χ2n) is 3.33. The van der Waals surface area contributed by atoms with E-state index in [1.807, 2.05) is 0 Å². The zero-order chi connectivity index (χ0) is 12.5. The Morgan fingerprint density at radius 1 is 1.28 bits per heavy atom. The average Bonchev–Trinajstić information content (AvgIpc) is 2.98. The molecule has 0 bridgehead atoms. The minimum absolute atomic E-state index is 0.0457. The predicted octanol–water partition coefficient (Wildman–Crippen LogP) is 0.0571. The summed E-state index contributed by atoms with van der Waals surface area (Å²) in [6.07, 6.45) is 1.50. The molecule has 3 rings (SSSR count). The first kappa shape index (κ1) is 10.2. The minimum atomic E-state index is -0.334. The van der Waals surface area contributed by atoms with Gasteiger partial charge in [-0.1, -0.05) is 5.16 Å². The zero-order valence-electron chi connectivity index (χ0n) is 8.82. The molecule has 0 saturated carbocycles. The van der Waals surface area contributed by atoms with Crippen molar-refractivity contribution in [3.63, 3.8) is 0 Å². The Morgan fingerprint density at radius 3 is 2.89 bits per heavy atom. The number of aromatic nitrogens is 5. The topological polar surface area (TPSA) is 137 Å². The van der Waals surface area contributed by atoms with Crippen LogP contribution in [-0.4, -0.2) is 25.4 Å². The summed E-state index contributed by atoms with van der Waals surface area (Å²) >= 11 is 0. The van der Waals surface area contributed by atoms with Gasteiger partial charge in [0.15, 0.2) is 11.5 Å². The number of anilines is 1. The van der Waals surface area contributed by atoms with Gasteiger partial charge in [0.2, 0.25) is 5.82 Å². The van der Waals surface area contributed by atoms with E-state index in [4.69, 9.17) is 10.3 Å². The lowest BCUT2D eigenvalue weighted by molar-refractivity contribution is 0.310. The van der Waals surface area contributed by atoms with E-state index in [0.717, 1.165) is 0 Å². The molecule has 9 nitrogen and oxygen atoms in total. The van der Waals surface area contributed by atoms with E-state index in [9.17, 15) is 4.79 Å². The number of rotatable bonds is 2. The van der Waals surface area contributed by atoms with E-state index in [0.29, 0.717) is 0 Å². The Labute approximate surface area is 98.6 Å². The number of H-pyrrole nitrogens is 1. The highest BCUT2D eigenvalue weighted by Gasteiger charge is 2.18. The molecular weight excluding hydrogens is 240 g/mol. The Morgan fingerprint density at radius 2 is 2.17 bits per heavy atom. The fourth-order valence-electron chi connectivity index (χ4n) is 1.37. The summed E-state index contributed by atoms with van der Waals surface area (Å²) in [6, 6.07) is 3.20. The highest BCUT2D eigenvalue weighted by atomic mass is 16.6. The Balaban J connectivity index is 2.08. The van der Waals surface area contributed by atoms with Crippen LogP contribution in [0.3, 0.4) is 0 Å². The van der Waals surface area contributed by atoms with Gasteiger partial charge in [-0.25, -0.2) is 4.63 Å². The van der Waals surface area contributed by atoms with Crippen molar-refractivity contribution in [2.24, 2.45) is 0 Å². The van der Waals surface area contributed by atoms with E-state index in [-0.39, 0.29) is 34.3 Å². The molecule has 0 unspecified atom stereocenters. The van der Waals surface area contributed by atoms with Crippen LogP contribution in [0, 0.1) is 0 Å². The first-order valence-corrected chi connectivity index (χ1v) is 4.86. The molecule has 3 heterocycles. The van der Waals surface area contributed by atoms with E-state index in [2.05, 4.69) is 30.1 Å². The lowest BCUT2D eigenvalue weighted by Gasteiger charge is -1.89. The standard InChI is InChI=1S/C9H6N6O3/c10-6-5(13-18-14-6)7-12-9(17-15-7)4-2-1-3-11-8(4)16/h1-3H,(H2,10,14)(H,11,16). The number of nitrogen functional groups attached to an aromatic ring is 1. The fraction of sp³-hybridized carbons (Fsp3) is 0. The van der Waals surface area contributed by atoms with Crippen LogP contribution >= 0.6 is 0 Å². The Hall–Kier alpha value is -2.97. The van der Waals surface area contributed by atoms with Crippen LogP contribution < -0.4 is 11.3 Å². The van der Waals surface area contributed by atoms with Crippen LogP contribution in [0.15, 0.2) is 32.3 Å². The SMILES string of the molecule is Nc1nonc1-c1noc(-c2ccc[nH]c2=O)n1. The summed E-state index contributed by atoms with van der Waals surface area (Å²) in [5, 5.41) is 10.6. The molecule has 0 atom stereocenters. The maximum absolute atomic E-state index is 11.5. The van der Waals surface area contributed by atoms with Crippen molar-refractivity contribution in [1.29, 1.82) is 0 Å². The molecule has 0 radical (unpaired) electrons. The molecule has 0 aliphatic rings. The monoisotopic (exact) mass is 246 g/mol. The molecule has 90 valence electrons. The van der Waals surface area contributed by atoms with E-state index in [1.165, 1.54) is 6.20 Å². The first-order valence-electron chi connectivity index (χ1n) is 4.86. The Kier molecular flexibility index (Phi) is 2.15. The smallest absolute Gasteiger partial charge is 0.263 e. The first-order chi connectivity index (χ1) is 8.75. The van der Waals surface area contributed by atoms with Crippen molar-refractivity contribution in [2.75, 3.05) is 5.73 Å². The van der Waals surface area contributed by atoms with Gasteiger partial charge in [-0.3, -0.25) is 4.79 Å². The summed E-state index contributed by atoms with van der Waals surface area (Å²) in [5.74, 6) is 0.213. The largest absolute Gasteiger partial charge is 0.379 e. The van der Waals surface area contributed by atoms with Gasteiger partial charge in [0, 0.05) is 6.20 Å². The number of nitrogens with two attached hydrogens (primary N) is 1. The zero-order valence-corrected chi connectivity index (χ0v) is 8.82. The van der Waals surface area contributed by atoms with Crippen LogP contribution in [-0.2, 0) is 0 Å². The van der Waals surface area contributed by atoms with Crippen LogP contribution in [0.4, 0.5) is 5.82 Å². The van der Waals surface area contributed by atoms with Gasteiger partial charge in [0.05, 0.1) is 0 Å². The summed E-state index contributed by atoms with van der Waals surface area (Å²) < 4.78 is 9.39. The van der Waals surface area contributed by atoms with Gasteiger partial charge >= 0.3 is 0 Å². The third-order valence-electron chi connectivity index (χ3n) is 2.20. The maximum atomic E-state index is 11.5. The van der Waals surface area contributed by atoms with Crippen molar-refractivity contribution < 1.29 is 9.15 Å². The molecule has 3 N–H and O–H groups in total. The van der Waals surface area contributed by atoms with Gasteiger partial charge in [-0.2, -0.15) is 4.98 Å². The van der Waals surface area contributed by atoms with E-state index >= 15 is 0 Å². The second kappa shape index (κ2) is 3.80. The number of nitrogens with zero attached hydrogens (tertiary/aromatic N) is 4. The molecule has 0 amide bonds. The third kappa shape index (κ3) is 1.54. The molecule has 0 aliphatic carbocycles. The minimum Gasteiger partial charge on any atom is -0.379 e. The third-order valence-corrected chi connectivity index (χ3v) is 2.20. The summed E-state index contributed by atoms with van der Waals surface area (Å²) in [5.41, 5.74) is 5.58. The maximum Gasteiger partial charge on any atom is 0.263 e. The molecule has 0 fully saturated rings. The molecule has 0 spiro atoms. The van der Waals surface area contributed by atoms with Gasteiger partial charge in [-0.15, -0.1) is 0 Å². The molecule has 9 heteroatoms. The molecule has 0 aromatic carbocycles.